The molecule has 0 radical (unpaired) electrons. The highest BCUT2D eigenvalue weighted by Crippen LogP contribution is 2.47. The molecule has 1 spiro atoms. The molecule has 53 heavy (non-hydrogen) atoms. The fourth-order valence-corrected chi connectivity index (χ4v) is 10.4. The van der Waals surface area contributed by atoms with Gasteiger partial charge in [0.2, 0.25) is 5.88 Å². The number of ether oxygens (including phenoxy) is 4. The number of fused-ring (bicyclic) bond motifs is 4. The van der Waals surface area contributed by atoms with Crippen molar-refractivity contribution >= 4 is 39.0 Å². The molecule has 1 aromatic heterocycles. The first kappa shape index (κ1) is 37.1. The van der Waals surface area contributed by atoms with Crippen molar-refractivity contribution in [3.63, 3.8) is 0 Å². The summed E-state index contributed by atoms with van der Waals surface area (Å²) in [6, 6.07) is 11.4. The third kappa shape index (κ3) is 7.61. The Hall–Kier alpha value is -4.20. The number of anilines is 1. The second-order valence-corrected chi connectivity index (χ2v) is 17.1. The summed E-state index contributed by atoms with van der Waals surface area (Å²) < 4.78 is 44.5. The van der Waals surface area contributed by atoms with Crippen molar-refractivity contribution in [2.75, 3.05) is 51.7 Å². The highest BCUT2D eigenvalue weighted by atomic mass is 35.5. The van der Waals surface area contributed by atoms with Gasteiger partial charge in [-0.1, -0.05) is 36.7 Å². The van der Waals surface area contributed by atoms with E-state index in [1.165, 1.54) is 31.5 Å². The normalized spacial score (nSPS) is 28.9. The Kier molecular flexibility index (Phi) is 10.7. The van der Waals surface area contributed by atoms with Gasteiger partial charge in [0.05, 0.1) is 44.6 Å². The van der Waals surface area contributed by atoms with Gasteiger partial charge in [0.1, 0.15) is 21.2 Å². The van der Waals surface area contributed by atoms with Gasteiger partial charge in [0.15, 0.2) is 0 Å². The highest BCUT2D eigenvalue weighted by molar-refractivity contribution is 7.92. The topological polar surface area (TPSA) is 142 Å². The van der Waals surface area contributed by atoms with E-state index < -0.39 is 21.7 Å². The van der Waals surface area contributed by atoms with Crippen molar-refractivity contribution in [3.8, 4) is 17.6 Å². The van der Waals surface area contributed by atoms with Crippen molar-refractivity contribution in [1.82, 2.24) is 14.7 Å². The zero-order chi connectivity index (χ0) is 37.3. The van der Waals surface area contributed by atoms with E-state index in [4.69, 9.17) is 30.5 Å². The van der Waals surface area contributed by atoms with Crippen LogP contribution in [0.15, 0.2) is 59.1 Å². The van der Waals surface area contributed by atoms with E-state index in [9.17, 15) is 13.8 Å². The van der Waals surface area contributed by atoms with E-state index in [1.807, 2.05) is 19.1 Å². The molecule has 12 nitrogen and oxygen atoms in total. The molecule has 2 aliphatic carbocycles. The summed E-state index contributed by atoms with van der Waals surface area (Å²) >= 11 is 6.46. The molecule has 7 rings (SSSR count). The number of carbonyl (C=O) groups excluding carboxylic acids is 2. The molecule has 1 saturated carbocycles. The van der Waals surface area contributed by atoms with Crippen LogP contribution in [0, 0.1) is 17.8 Å². The maximum atomic E-state index is 14.6. The van der Waals surface area contributed by atoms with Crippen LogP contribution in [0.4, 0.5) is 5.69 Å². The lowest BCUT2D eigenvalue weighted by atomic mass is 9.68. The Labute approximate surface area is 317 Å². The molecule has 2 aliphatic heterocycles. The molecule has 3 aromatic rings. The second-order valence-electron chi connectivity index (χ2n) is 14.7. The summed E-state index contributed by atoms with van der Waals surface area (Å²) in [7, 11) is 0.817. The summed E-state index contributed by atoms with van der Waals surface area (Å²) in [5.41, 5.74) is 3.18. The number of rotatable bonds is 5. The minimum Gasteiger partial charge on any atom is -0.490 e. The Morgan fingerprint density at radius 1 is 1.15 bits per heavy atom. The van der Waals surface area contributed by atoms with Crippen LogP contribution < -0.4 is 23.8 Å². The Balaban J connectivity index is 0.00000497. The van der Waals surface area contributed by atoms with Crippen LogP contribution in [-0.2, 0) is 26.5 Å². The summed E-state index contributed by atoms with van der Waals surface area (Å²) in [4.78, 5) is 38.1. The second kappa shape index (κ2) is 15.3. The van der Waals surface area contributed by atoms with Gasteiger partial charge >= 0.3 is 6.01 Å². The van der Waals surface area contributed by atoms with Crippen LogP contribution in [0.25, 0.3) is 0 Å². The molecule has 0 saturated heterocycles. The number of allylic oxidation sites excluding steroid dienone is 1. The molecular weight excluding hydrogens is 718 g/mol. The van der Waals surface area contributed by atoms with Gasteiger partial charge in [0, 0.05) is 37.6 Å². The smallest absolute Gasteiger partial charge is 0.319 e. The summed E-state index contributed by atoms with van der Waals surface area (Å²) in [6.45, 7) is 3.84. The quantitative estimate of drug-likeness (QED) is 0.288. The maximum Gasteiger partial charge on any atom is 0.319 e. The predicted octanol–water partition coefficient (Wildman–Crippen LogP) is 6.46. The van der Waals surface area contributed by atoms with E-state index in [0.717, 1.165) is 49.4 Å². The van der Waals surface area contributed by atoms with E-state index in [0.29, 0.717) is 37.2 Å². The number of nitrogens with zero attached hydrogens (tertiary/aromatic N) is 4. The largest absolute Gasteiger partial charge is 0.490 e. The Morgan fingerprint density at radius 2 is 2.00 bits per heavy atom. The number of halogens is 1. The van der Waals surface area contributed by atoms with Crippen LogP contribution in [0.2, 0.25) is 5.02 Å². The number of methoxy groups -OCH3 is 3. The lowest BCUT2D eigenvalue weighted by Gasteiger charge is -2.46. The zero-order valence-corrected chi connectivity index (χ0v) is 32.1. The van der Waals surface area contributed by atoms with Gasteiger partial charge < -0.3 is 23.8 Å². The average Bonchev–Trinajstić information content (AvgIpc) is 3.28. The van der Waals surface area contributed by atoms with Crippen LogP contribution >= 0.6 is 11.6 Å². The molecular formula is C39H48ClN5O7S. The van der Waals surface area contributed by atoms with Gasteiger partial charge in [-0.15, -0.1) is 4.36 Å². The first-order valence-electron chi connectivity index (χ1n) is 18.1. The highest BCUT2D eigenvalue weighted by Gasteiger charge is 2.44. The first-order chi connectivity index (χ1) is 25.5. The van der Waals surface area contributed by atoms with Gasteiger partial charge in [0.25, 0.3) is 11.8 Å². The molecule has 2 aromatic carbocycles. The van der Waals surface area contributed by atoms with Crippen molar-refractivity contribution in [1.29, 1.82) is 0 Å². The Bertz CT molecular complexity index is 2060. The lowest BCUT2D eigenvalue weighted by molar-refractivity contribution is 0.0131. The van der Waals surface area contributed by atoms with Crippen molar-refractivity contribution in [3.05, 3.63) is 82.0 Å². The standard InChI is InChI=1S/C39H46ClN5O7S.H2/c1-24-7-5-9-33(49-2)29-13-10-27(29)20-45-22-39(16-6-8-25-17-28(40)12-14-31(25)39)23-52-34-15-11-26(18-32(34)45)35(46)43-53(48,21-24)44-36(47)30-19-41-38(51-4)42-37(30)50-3;/h5,9,11-12,14-15,17-19,24,27,29,33H,6-8,10,13,16,20-23H2,1-4H3,(H,43,44,46,47,48);1H/b9-5+;/t24-,27-,29+,33-,39-,53?;/m0./s1. The zero-order valence-electron chi connectivity index (χ0n) is 30.5. The monoisotopic (exact) mass is 765 g/mol. The predicted molar refractivity (Wildman–Crippen MR) is 205 cm³/mol. The molecule has 1 N–H and O–H groups in total. The third-order valence-electron chi connectivity index (χ3n) is 11.1. The summed E-state index contributed by atoms with van der Waals surface area (Å²) in [6.07, 6.45) is 10.9. The summed E-state index contributed by atoms with van der Waals surface area (Å²) in [5, 5.41) is 0.727. The van der Waals surface area contributed by atoms with E-state index in [1.54, 1.807) is 25.3 Å². The number of nitrogens with one attached hydrogen (secondary N) is 1. The van der Waals surface area contributed by atoms with Crippen molar-refractivity contribution < 1.29 is 34.2 Å². The lowest BCUT2D eigenvalue weighted by Crippen LogP contribution is -2.49. The fraction of sp³-hybridized carbons (Fsp3) is 0.487. The molecule has 3 heterocycles. The number of hydrogen-bond donors (Lipinski definition) is 1. The number of benzene rings is 2. The molecule has 1 unspecified atom stereocenters. The van der Waals surface area contributed by atoms with Crippen LogP contribution in [0.5, 0.6) is 17.6 Å². The van der Waals surface area contributed by atoms with Gasteiger partial charge in [-0.2, -0.15) is 4.98 Å². The third-order valence-corrected chi connectivity index (χ3v) is 13.3. The average molecular weight is 766 g/mol. The minimum absolute atomic E-state index is 0. The van der Waals surface area contributed by atoms with E-state index >= 15 is 0 Å². The van der Waals surface area contributed by atoms with Crippen LogP contribution in [-0.4, -0.2) is 78.9 Å². The fourth-order valence-electron chi connectivity index (χ4n) is 8.33. The SMILES string of the molecule is COc1ncc(C(=O)NS2(=O)=NC(=O)c3ccc4c(c3)N(C[C@@H]3CC[C@H]3[C@@H](OC)/C=C/C[C@H](C)C2)C[C@@]2(CCCc3cc(Cl)ccc32)CO4)c(OC)n1.[HH]. The molecule has 2 bridgehead atoms. The van der Waals surface area contributed by atoms with Gasteiger partial charge in [-0.3, -0.25) is 14.3 Å². The van der Waals surface area contributed by atoms with Crippen LogP contribution in [0.3, 0.4) is 0 Å². The molecule has 4 aliphatic rings. The van der Waals surface area contributed by atoms with Crippen molar-refractivity contribution in [2.24, 2.45) is 22.1 Å². The molecule has 1 fully saturated rings. The minimum atomic E-state index is -3.67. The molecule has 2 amide bonds. The molecule has 284 valence electrons. The van der Waals surface area contributed by atoms with Gasteiger partial charge in [-0.25, -0.2) is 9.19 Å². The van der Waals surface area contributed by atoms with E-state index in [2.05, 4.69) is 42.2 Å². The summed E-state index contributed by atoms with van der Waals surface area (Å²) in [5.74, 6) is -0.512. The number of aromatic nitrogens is 2. The first-order valence-corrected chi connectivity index (χ1v) is 20.2. The Morgan fingerprint density at radius 3 is 2.75 bits per heavy atom. The van der Waals surface area contributed by atoms with E-state index in [-0.39, 0.29) is 47.6 Å². The number of amides is 2. The molecule has 6 atom stereocenters. The number of aryl methyl sites for hydroxylation is 1. The van der Waals surface area contributed by atoms with Gasteiger partial charge in [-0.05, 0) is 97.7 Å². The van der Waals surface area contributed by atoms with Crippen molar-refractivity contribution in [2.45, 2.75) is 57.0 Å². The number of hydrogen-bond acceptors (Lipinski definition) is 10. The number of carbonyl (C=O) groups is 2. The van der Waals surface area contributed by atoms with Crippen LogP contribution in [0.1, 0.15) is 72.3 Å². The molecule has 14 heteroatoms. The maximum absolute atomic E-state index is 14.6.